The fourth-order valence-corrected chi connectivity index (χ4v) is 8.84. The lowest BCUT2D eigenvalue weighted by Crippen LogP contribution is -2.60. The number of pyridine rings is 1. The van der Waals surface area contributed by atoms with E-state index in [4.69, 9.17) is 39.2 Å². The summed E-state index contributed by atoms with van der Waals surface area (Å²) in [6.07, 6.45) is -1.02. The Morgan fingerprint density at radius 1 is 1.09 bits per heavy atom. The average Bonchev–Trinajstić information content (AvgIpc) is 3.20. The van der Waals surface area contributed by atoms with Gasteiger partial charge in [0, 0.05) is 41.8 Å². The predicted molar refractivity (Wildman–Crippen MR) is 216 cm³/mol. The molecule has 3 fully saturated rings. The molecule has 1 amide bonds. The van der Waals surface area contributed by atoms with Crippen molar-refractivity contribution in [2.45, 2.75) is 141 Å². The van der Waals surface area contributed by atoms with E-state index in [-0.39, 0.29) is 50.3 Å². The SMILES string of the molecule is CC[C@H]1OC(=O)[C@H](C)C(=O)[C@H](C)[C@@H](O[C@@H]2O[C@H](C)C[C@H](N(C)C)[C@H]2O)[C@@]2(C)C[C@@H](C)C3=NC(=O)C(C/C=C/c4cccnc4N)O/N=C(/CO[C@H]([C@H]3C)[C@]1(C)O)CO2. The predicted octanol–water partition coefficient (Wildman–Crippen LogP) is 3.36. The maximum absolute atomic E-state index is 14.4. The summed E-state index contributed by atoms with van der Waals surface area (Å²) in [6.45, 7) is 13.4. The fraction of sp³-hybridized carbons (Fsp3) is 0.714. The average molecular weight is 814 g/mol. The van der Waals surface area contributed by atoms with Gasteiger partial charge in [0.05, 0.1) is 37.1 Å². The Morgan fingerprint density at radius 3 is 2.48 bits per heavy atom. The number of aliphatic hydroxyl groups is 2. The van der Waals surface area contributed by atoms with E-state index in [1.165, 1.54) is 13.8 Å². The molecule has 14 atom stereocenters. The Hall–Kier alpha value is -3.64. The summed E-state index contributed by atoms with van der Waals surface area (Å²) in [7, 11) is 3.73. The lowest BCUT2D eigenvalue weighted by Gasteiger charge is -2.47. The number of aliphatic imine (C=N–C) groups is 1. The van der Waals surface area contributed by atoms with Gasteiger partial charge in [0.1, 0.15) is 35.3 Å². The van der Waals surface area contributed by atoms with Gasteiger partial charge in [-0.25, -0.2) is 9.98 Å². The second-order valence-electron chi connectivity index (χ2n) is 17.1. The molecule has 0 aliphatic carbocycles. The number of hydrogen-bond donors (Lipinski definition) is 3. The zero-order valence-corrected chi connectivity index (χ0v) is 35.5. The van der Waals surface area contributed by atoms with Gasteiger partial charge >= 0.3 is 5.97 Å². The van der Waals surface area contributed by atoms with Crippen molar-refractivity contribution in [3.8, 4) is 0 Å². The summed E-state index contributed by atoms with van der Waals surface area (Å²) in [5, 5.41) is 28.4. The van der Waals surface area contributed by atoms with Gasteiger partial charge in [-0.05, 0) is 79.1 Å². The van der Waals surface area contributed by atoms with Crippen molar-refractivity contribution < 1.29 is 53.1 Å². The molecule has 4 aliphatic heterocycles. The number of nitrogens with zero attached hydrogens (tertiary/aromatic N) is 4. The molecule has 1 aromatic heterocycles. The molecule has 0 spiro atoms. The number of hydrogen-bond acceptors (Lipinski definition) is 15. The molecule has 0 saturated carbocycles. The van der Waals surface area contributed by atoms with E-state index >= 15 is 0 Å². The number of fused-ring (bicyclic) bond motifs is 4. The Labute approximate surface area is 341 Å². The first kappa shape index (κ1) is 45.4. The highest BCUT2D eigenvalue weighted by Crippen LogP contribution is 2.40. The van der Waals surface area contributed by atoms with Crippen molar-refractivity contribution in [1.82, 2.24) is 9.88 Å². The number of carbonyl (C=O) groups excluding carboxylic acids is 3. The Morgan fingerprint density at radius 2 is 1.81 bits per heavy atom. The van der Waals surface area contributed by atoms with E-state index < -0.39 is 89.3 Å². The number of aliphatic hydroxyl groups excluding tert-OH is 1. The topological polar surface area (TPSA) is 214 Å². The molecule has 16 heteroatoms. The molecular weight excluding hydrogens is 750 g/mol. The number of esters is 1. The molecule has 0 aromatic carbocycles. The first-order chi connectivity index (χ1) is 27.3. The van der Waals surface area contributed by atoms with Crippen molar-refractivity contribution in [2.75, 3.05) is 33.0 Å². The van der Waals surface area contributed by atoms with Crippen LogP contribution < -0.4 is 5.73 Å². The monoisotopic (exact) mass is 813 g/mol. The highest BCUT2D eigenvalue weighted by Gasteiger charge is 2.53. The van der Waals surface area contributed by atoms with Gasteiger partial charge < -0.3 is 49.4 Å². The Kier molecular flexibility index (Phi) is 14.7. The fourth-order valence-electron chi connectivity index (χ4n) is 8.84. The first-order valence-corrected chi connectivity index (χ1v) is 20.4. The van der Waals surface area contributed by atoms with Crippen LogP contribution in [-0.2, 0) is 42.9 Å². The summed E-state index contributed by atoms with van der Waals surface area (Å²) in [4.78, 5) is 59.2. The number of oxime groups is 1. The minimum Gasteiger partial charge on any atom is -0.459 e. The molecule has 4 N–H and O–H groups in total. The second kappa shape index (κ2) is 18.7. The van der Waals surface area contributed by atoms with Crippen LogP contribution in [0.15, 0.2) is 34.6 Å². The summed E-state index contributed by atoms with van der Waals surface area (Å²) in [5.74, 6) is -5.17. The lowest BCUT2D eigenvalue weighted by molar-refractivity contribution is -0.296. The van der Waals surface area contributed by atoms with Crippen LogP contribution in [0.3, 0.4) is 0 Å². The molecule has 4 aliphatic rings. The van der Waals surface area contributed by atoms with Crippen LogP contribution in [0.4, 0.5) is 5.82 Å². The number of ketones is 1. The summed E-state index contributed by atoms with van der Waals surface area (Å²) < 4.78 is 32.3. The third-order valence-electron chi connectivity index (χ3n) is 12.2. The number of anilines is 1. The first-order valence-electron chi connectivity index (χ1n) is 20.4. The highest BCUT2D eigenvalue weighted by atomic mass is 16.7. The normalized spacial score (nSPS) is 40.5. The number of cyclic esters (lactones) is 1. The number of carbonyl (C=O) groups is 3. The largest absolute Gasteiger partial charge is 0.459 e. The van der Waals surface area contributed by atoms with Crippen molar-refractivity contribution in [2.24, 2.45) is 33.8 Å². The maximum Gasteiger partial charge on any atom is 0.316 e. The molecule has 5 rings (SSSR count). The second-order valence-corrected chi connectivity index (χ2v) is 17.1. The van der Waals surface area contributed by atoms with Gasteiger partial charge in [-0.15, -0.1) is 0 Å². The summed E-state index contributed by atoms with van der Waals surface area (Å²) in [5.41, 5.74) is 4.09. The molecule has 1 aromatic rings. The van der Waals surface area contributed by atoms with Crippen molar-refractivity contribution >= 4 is 41.0 Å². The molecule has 16 nitrogen and oxygen atoms in total. The minimum atomic E-state index is -1.84. The smallest absolute Gasteiger partial charge is 0.316 e. The summed E-state index contributed by atoms with van der Waals surface area (Å²) >= 11 is 0. The lowest BCUT2D eigenvalue weighted by atomic mass is 9.73. The van der Waals surface area contributed by atoms with Gasteiger partial charge in [-0.2, -0.15) is 0 Å². The maximum atomic E-state index is 14.4. The van der Waals surface area contributed by atoms with Crippen LogP contribution >= 0.6 is 0 Å². The molecule has 58 heavy (non-hydrogen) atoms. The van der Waals surface area contributed by atoms with Gasteiger partial charge in [0.25, 0.3) is 5.91 Å². The van der Waals surface area contributed by atoms with Gasteiger partial charge in [0.15, 0.2) is 12.1 Å². The van der Waals surface area contributed by atoms with Crippen LogP contribution in [0.2, 0.25) is 0 Å². The van der Waals surface area contributed by atoms with Crippen LogP contribution in [0, 0.1) is 23.7 Å². The van der Waals surface area contributed by atoms with Crippen molar-refractivity contribution in [3.63, 3.8) is 0 Å². The molecule has 4 bridgehead atoms. The standard InChI is InChI=1S/C42H63N5O11/c1-11-31-42(8,52)36-24(4)32-22(2)19-41(7,35(25(5)33(48)26(6)39(51)56-31)57-40-34(49)29(47(9)10)18-23(3)55-40)54-21-28(20-53-36)46-58-30(38(50)45-32)16-12-14-27-15-13-17-44-37(27)43/h12-15,17,22-26,29-31,34-36,40,49,52H,11,16,18-21H2,1-10H3,(H2,43,44)/b14-12+,45-32?,46-28-/t22-,23-,24+,25+,26-,29+,30?,31-,34-,35-,36-,40+,41-,42-/m1/s1. The molecular formula is C42H63N5O11. The van der Waals surface area contributed by atoms with E-state index in [1.807, 2.05) is 39.8 Å². The van der Waals surface area contributed by atoms with E-state index in [9.17, 15) is 24.6 Å². The van der Waals surface area contributed by atoms with E-state index in [1.54, 1.807) is 51.3 Å². The summed E-state index contributed by atoms with van der Waals surface area (Å²) in [6, 6.07) is 3.24. The zero-order valence-electron chi connectivity index (χ0n) is 35.5. The number of amides is 1. The third-order valence-corrected chi connectivity index (χ3v) is 12.2. The zero-order chi connectivity index (χ0) is 42.7. The number of nitrogens with two attached hydrogens (primary N) is 1. The molecule has 5 heterocycles. The van der Waals surface area contributed by atoms with Gasteiger partial charge in [-0.1, -0.05) is 45.0 Å². The number of nitrogen functional groups attached to an aromatic ring is 1. The Bertz CT molecular complexity index is 1730. The molecule has 3 saturated heterocycles. The van der Waals surface area contributed by atoms with E-state index in [2.05, 4.69) is 10.1 Å². The quantitative estimate of drug-likeness (QED) is 0.266. The number of likely N-dealkylation sites (N-methyl/N-ethyl adjacent to an activating group) is 1. The van der Waals surface area contributed by atoms with Crippen molar-refractivity contribution in [3.05, 3.63) is 30.0 Å². The van der Waals surface area contributed by atoms with E-state index in [0.29, 0.717) is 23.5 Å². The van der Waals surface area contributed by atoms with Crippen LogP contribution in [0.5, 0.6) is 0 Å². The number of aromatic nitrogens is 1. The number of ether oxygens (including phenoxy) is 5. The molecule has 1 unspecified atom stereocenters. The van der Waals surface area contributed by atoms with Crippen LogP contribution in [0.25, 0.3) is 6.08 Å². The molecule has 322 valence electrons. The highest BCUT2D eigenvalue weighted by molar-refractivity contribution is 6.01. The molecule has 0 radical (unpaired) electrons. The van der Waals surface area contributed by atoms with E-state index in [0.717, 1.165) is 0 Å². The number of Topliss-reactive ketones (excluding diaryl/α,β-unsaturated/α-hetero) is 1. The van der Waals surface area contributed by atoms with Crippen LogP contribution in [0.1, 0.15) is 86.6 Å². The van der Waals surface area contributed by atoms with Crippen LogP contribution in [-0.4, -0.2) is 137 Å². The third kappa shape index (κ3) is 9.86. The minimum absolute atomic E-state index is 0.0850. The van der Waals surface area contributed by atoms with Gasteiger partial charge in [-0.3, -0.25) is 14.4 Å². The van der Waals surface area contributed by atoms with Gasteiger partial charge in [0.2, 0.25) is 6.10 Å². The number of rotatable bonds is 7. The van der Waals surface area contributed by atoms with Crippen molar-refractivity contribution in [1.29, 1.82) is 0 Å². The Balaban J connectivity index is 1.67.